The Morgan fingerprint density at radius 1 is 1.12 bits per heavy atom. The summed E-state index contributed by atoms with van der Waals surface area (Å²) in [5.74, 6) is -2.34. The van der Waals surface area contributed by atoms with E-state index in [1.54, 1.807) is 0 Å². The molecule has 9 heteroatoms. The summed E-state index contributed by atoms with van der Waals surface area (Å²) >= 11 is 0. The van der Waals surface area contributed by atoms with Crippen LogP contribution in [-0.2, 0) is 21.4 Å². The number of carboxylic acids is 1. The van der Waals surface area contributed by atoms with Crippen molar-refractivity contribution in [1.29, 1.82) is 0 Å². The van der Waals surface area contributed by atoms with Crippen LogP contribution in [0, 0.1) is 18.6 Å². The summed E-state index contributed by atoms with van der Waals surface area (Å²) in [6.45, 7) is 0.972. The predicted molar refractivity (Wildman–Crippen MR) is 91.5 cm³/mol. The van der Waals surface area contributed by atoms with Crippen LogP contribution in [0.25, 0.3) is 10.9 Å². The zero-order valence-corrected chi connectivity index (χ0v) is 14.3. The summed E-state index contributed by atoms with van der Waals surface area (Å²) in [7, 11) is -4.17. The zero-order chi connectivity index (χ0) is 19.1. The number of rotatable bonds is 5. The Morgan fingerprint density at radius 3 is 2.35 bits per heavy atom. The van der Waals surface area contributed by atoms with Crippen molar-refractivity contribution in [3.05, 3.63) is 59.8 Å². The van der Waals surface area contributed by atoms with E-state index >= 15 is 0 Å². The van der Waals surface area contributed by atoms with Crippen molar-refractivity contribution in [1.82, 2.24) is 4.57 Å². The Hall–Kier alpha value is -2.94. The Labute approximate surface area is 147 Å². The van der Waals surface area contributed by atoms with E-state index in [1.165, 1.54) is 29.7 Å². The molecular weight excluding hydrogens is 366 g/mol. The van der Waals surface area contributed by atoms with Gasteiger partial charge in [-0.05, 0) is 49.4 Å². The maximum absolute atomic E-state index is 13.7. The van der Waals surface area contributed by atoms with Gasteiger partial charge in [0.25, 0.3) is 10.0 Å². The van der Waals surface area contributed by atoms with Crippen molar-refractivity contribution in [3.63, 3.8) is 0 Å². The molecule has 3 rings (SSSR count). The number of aliphatic carboxylic acids is 1. The third kappa shape index (κ3) is 3.25. The van der Waals surface area contributed by atoms with Gasteiger partial charge in [0, 0.05) is 16.8 Å². The molecule has 0 aliphatic carbocycles. The highest BCUT2D eigenvalue weighted by atomic mass is 32.2. The molecule has 0 atom stereocenters. The minimum absolute atomic E-state index is 0.0679. The molecule has 1 aromatic heterocycles. The SMILES string of the molecule is Cc1c(S(=O)(=O)Nc2ccc(F)cc2)c2cc(F)ccc2n1CC(=O)O. The van der Waals surface area contributed by atoms with Gasteiger partial charge in [-0.3, -0.25) is 9.52 Å². The van der Waals surface area contributed by atoms with E-state index in [1.807, 2.05) is 0 Å². The van der Waals surface area contributed by atoms with Crippen LogP contribution in [0.2, 0.25) is 0 Å². The second kappa shape index (κ2) is 6.41. The molecule has 1 heterocycles. The average Bonchev–Trinajstić information content (AvgIpc) is 2.81. The van der Waals surface area contributed by atoms with E-state index in [-0.39, 0.29) is 27.2 Å². The highest BCUT2D eigenvalue weighted by Gasteiger charge is 2.26. The van der Waals surface area contributed by atoms with Crippen molar-refractivity contribution >= 4 is 32.6 Å². The molecule has 26 heavy (non-hydrogen) atoms. The highest BCUT2D eigenvalue weighted by Crippen LogP contribution is 2.31. The smallest absolute Gasteiger partial charge is 0.323 e. The Bertz CT molecular complexity index is 1110. The van der Waals surface area contributed by atoms with E-state index in [9.17, 15) is 22.0 Å². The van der Waals surface area contributed by atoms with Crippen molar-refractivity contribution in [3.8, 4) is 0 Å². The van der Waals surface area contributed by atoms with Crippen LogP contribution in [0.4, 0.5) is 14.5 Å². The summed E-state index contributed by atoms with van der Waals surface area (Å²) in [6.07, 6.45) is 0. The van der Waals surface area contributed by atoms with E-state index in [2.05, 4.69) is 4.72 Å². The third-order valence-electron chi connectivity index (χ3n) is 3.89. The summed E-state index contributed by atoms with van der Waals surface area (Å²) in [5, 5.41) is 9.15. The fourth-order valence-corrected chi connectivity index (χ4v) is 4.33. The van der Waals surface area contributed by atoms with Crippen LogP contribution in [-0.4, -0.2) is 24.1 Å². The van der Waals surface area contributed by atoms with Gasteiger partial charge in [0.05, 0.1) is 5.52 Å². The van der Waals surface area contributed by atoms with Gasteiger partial charge in [0.15, 0.2) is 0 Å². The molecule has 0 fully saturated rings. The number of aromatic nitrogens is 1. The number of carboxylic acid groups (broad SMARTS) is 1. The number of benzene rings is 2. The molecular formula is C17H14F2N2O4S. The molecule has 0 unspecified atom stereocenters. The number of sulfonamides is 1. The molecule has 3 aromatic rings. The summed E-state index contributed by atoms with van der Waals surface area (Å²) in [5.41, 5.74) is 0.565. The summed E-state index contributed by atoms with van der Waals surface area (Å²) in [6, 6.07) is 8.19. The van der Waals surface area contributed by atoms with Gasteiger partial charge in [0.2, 0.25) is 0 Å². The molecule has 0 saturated heterocycles. The van der Waals surface area contributed by atoms with Gasteiger partial charge in [-0.2, -0.15) is 0 Å². The topological polar surface area (TPSA) is 88.4 Å². The first-order valence-electron chi connectivity index (χ1n) is 7.47. The van der Waals surface area contributed by atoms with Gasteiger partial charge in [-0.15, -0.1) is 0 Å². The molecule has 0 radical (unpaired) electrons. The van der Waals surface area contributed by atoms with Crippen LogP contribution >= 0.6 is 0 Å². The van der Waals surface area contributed by atoms with E-state index in [4.69, 9.17) is 5.11 Å². The van der Waals surface area contributed by atoms with Crippen LogP contribution in [0.3, 0.4) is 0 Å². The molecule has 0 amide bonds. The van der Waals surface area contributed by atoms with E-state index in [0.29, 0.717) is 0 Å². The molecule has 2 N–H and O–H groups in total. The van der Waals surface area contributed by atoms with Crippen LogP contribution in [0.5, 0.6) is 0 Å². The normalized spacial score (nSPS) is 11.7. The monoisotopic (exact) mass is 380 g/mol. The maximum atomic E-state index is 13.7. The fourth-order valence-electron chi connectivity index (χ4n) is 2.83. The number of nitrogens with one attached hydrogen (secondary N) is 1. The maximum Gasteiger partial charge on any atom is 0.323 e. The van der Waals surface area contributed by atoms with Gasteiger partial charge < -0.3 is 9.67 Å². The number of hydrogen-bond donors (Lipinski definition) is 2. The molecule has 0 saturated carbocycles. The number of hydrogen-bond acceptors (Lipinski definition) is 3. The third-order valence-corrected chi connectivity index (χ3v) is 5.44. The van der Waals surface area contributed by atoms with Crippen molar-refractivity contribution in [2.75, 3.05) is 4.72 Å². The molecule has 6 nitrogen and oxygen atoms in total. The lowest BCUT2D eigenvalue weighted by molar-refractivity contribution is -0.137. The average molecular weight is 380 g/mol. The molecule has 0 aliphatic rings. The van der Waals surface area contributed by atoms with Crippen LogP contribution in [0.15, 0.2) is 47.4 Å². The summed E-state index contributed by atoms with van der Waals surface area (Å²) in [4.78, 5) is 10.9. The van der Waals surface area contributed by atoms with Crippen LogP contribution in [0.1, 0.15) is 5.69 Å². The van der Waals surface area contributed by atoms with Crippen LogP contribution < -0.4 is 4.72 Å². The van der Waals surface area contributed by atoms with Crippen molar-refractivity contribution in [2.24, 2.45) is 0 Å². The molecule has 136 valence electrons. The standard InChI is InChI=1S/C17H14F2N2O4S/c1-10-17(26(24,25)20-13-5-2-11(18)3-6-13)14-8-12(19)4-7-15(14)21(10)9-16(22)23/h2-8,20H,9H2,1H3,(H,22,23). The molecule has 2 aromatic carbocycles. The van der Waals surface area contributed by atoms with Gasteiger partial charge >= 0.3 is 5.97 Å². The fraction of sp³-hybridized carbons (Fsp3) is 0.118. The lowest BCUT2D eigenvalue weighted by atomic mass is 10.2. The van der Waals surface area contributed by atoms with Gasteiger partial charge in [0.1, 0.15) is 23.1 Å². The predicted octanol–water partition coefficient (Wildman–Crippen LogP) is 3.11. The zero-order valence-electron chi connectivity index (χ0n) is 13.5. The molecule has 0 bridgehead atoms. The molecule has 0 aliphatic heterocycles. The first kappa shape index (κ1) is 17.9. The Balaban J connectivity index is 2.19. The minimum atomic E-state index is -4.17. The van der Waals surface area contributed by atoms with Gasteiger partial charge in [-0.1, -0.05) is 0 Å². The number of nitrogens with zero attached hydrogens (tertiary/aromatic N) is 1. The quantitative estimate of drug-likeness (QED) is 0.712. The second-order valence-electron chi connectivity index (χ2n) is 5.67. The number of anilines is 1. The van der Waals surface area contributed by atoms with E-state index < -0.39 is 34.2 Å². The van der Waals surface area contributed by atoms with Crippen molar-refractivity contribution < 1.29 is 27.1 Å². The lowest BCUT2D eigenvalue weighted by Crippen LogP contribution is -2.15. The second-order valence-corrected chi connectivity index (χ2v) is 7.29. The Kier molecular flexibility index (Phi) is 4.41. The number of carbonyl (C=O) groups is 1. The number of fused-ring (bicyclic) bond motifs is 1. The number of halogens is 2. The van der Waals surface area contributed by atoms with Crippen molar-refractivity contribution in [2.45, 2.75) is 18.4 Å². The Morgan fingerprint density at radius 2 is 1.73 bits per heavy atom. The van der Waals surface area contributed by atoms with Gasteiger partial charge in [-0.25, -0.2) is 17.2 Å². The molecule has 0 spiro atoms. The lowest BCUT2D eigenvalue weighted by Gasteiger charge is -2.09. The largest absolute Gasteiger partial charge is 0.480 e. The summed E-state index contributed by atoms with van der Waals surface area (Å²) < 4.78 is 56.0. The first-order valence-corrected chi connectivity index (χ1v) is 8.96. The highest BCUT2D eigenvalue weighted by molar-refractivity contribution is 7.93. The minimum Gasteiger partial charge on any atom is -0.480 e. The first-order chi connectivity index (χ1) is 12.2. The van der Waals surface area contributed by atoms with E-state index in [0.717, 1.165) is 24.3 Å².